The van der Waals surface area contributed by atoms with Crippen LogP contribution in [0.5, 0.6) is 0 Å². The standard InChI is InChI=1S/C33H31ClN6O4S/c1-20-6-4-9-30(28-15-22(12-13-35-28)32-29(38-33(20)42)18-37-39(32)2)40-19-36-27(17-31(40)41)26-16-23(34)10-11-25(26)21-7-5-8-24(14-21)45(3,43)44/h5,7-8,10-20,30H,4,6,9H2,1-3H3,(H,38,42)/t20-,30+/m1/s1. The Morgan fingerprint density at radius 3 is 2.56 bits per heavy atom. The van der Waals surface area contributed by atoms with Gasteiger partial charge in [-0.25, -0.2) is 13.4 Å². The van der Waals surface area contributed by atoms with Crippen LogP contribution in [0.1, 0.15) is 37.9 Å². The number of rotatable bonds is 4. The summed E-state index contributed by atoms with van der Waals surface area (Å²) < 4.78 is 27.7. The molecule has 2 bridgehead atoms. The fraction of sp³-hybridized carbons (Fsp3) is 0.242. The maximum atomic E-state index is 13.8. The molecule has 1 aliphatic rings. The molecule has 0 fully saturated rings. The zero-order valence-corrected chi connectivity index (χ0v) is 26.5. The van der Waals surface area contributed by atoms with E-state index in [0.717, 1.165) is 17.5 Å². The minimum atomic E-state index is -3.43. The first-order valence-corrected chi connectivity index (χ1v) is 16.7. The number of hydrogen-bond acceptors (Lipinski definition) is 7. The van der Waals surface area contributed by atoms with Crippen LogP contribution >= 0.6 is 11.6 Å². The van der Waals surface area contributed by atoms with Crippen LogP contribution in [0.3, 0.4) is 0 Å². The molecule has 5 aromatic rings. The Balaban J connectivity index is 1.44. The smallest absolute Gasteiger partial charge is 0.254 e. The molecular weight excluding hydrogens is 612 g/mol. The lowest BCUT2D eigenvalue weighted by atomic mass is 9.96. The van der Waals surface area contributed by atoms with Gasteiger partial charge in [0.2, 0.25) is 5.91 Å². The third kappa shape index (κ3) is 6.18. The second kappa shape index (κ2) is 12.1. The van der Waals surface area contributed by atoms with Crippen LogP contribution in [-0.2, 0) is 21.7 Å². The number of benzene rings is 2. The third-order valence-corrected chi connectivity index (χ3v) is 9.50. The summed E-state index contributed by atoms with van der Waals surface area (Å²) in [6.07, 6.45) is 7.87. The van der Waals surface area contributed by atoms with E-state index in [4.69, 9.17) is 16.6 Å². The molecule has 4 heterocycles. The van der Waals surface area contributed by atoms with Crippen LogP contribution in [0.15, 0.2) is 89.1 Å². The Morgan fingerprint density at radius 1 is 0.956 bits per heavy atom. The zero-order valence-electron chi connectivity index (χ0n) is 24.9. The number of sulfone groups is 1. The molecule has 0 aliphatic carbocycles. The highest BCUT2D eigenvalue weighted by molar-refractivity contribution is 7.90. The van der Waals surface area contributed by atoms with E-state index in [1.165, 1.54) is 12.4 Å². The fourth-order valence-corrected chi connectivity index (χ4v) is 6.59. The normalized spacial score (nSPS) is 17.1. The van der Waals surface area contributed by atoms with Gasteiger partial charge in [0, 0.05) is 47.6 Å². The molecule has 2 atom stereocenters. The van der Waals surface area contributed by atoms with E-state index < -0.39 is 15.9 Å². The van der Waals surface area contributed by atoms with Crippen molar-refractivity contribution in [1.82, 2.24) is 24.3 Å². The lowest BCUT2D eigenvalue weighted by molar-refractivity contribution is -0.119. The van der Waals surface area contributed by atoms with Crippen molar-refractivity contribution < 1.29 is 13.2 Å². The minimum absolute atomic E-state index is 0.0850. The largest absolute Gasteiger partial charge is 0.323 e. The highest BCUT2D eigenvalue weighted by atomic mass is 35.5. The predicted octanol–water partition coefficient (Wildman–Crippen LogP) is 5.78. The average Bonchev–Trinajstić information content (AvgIpc) is 3.38. The summed E-state index contributed by atoms with van der Waals surface area (Å²) in [6.45, 7) is 1.89. The second-order valence-electron chi connectivity index (χ2n) is 11.3. The van der Waals surface area contributed by atoms with Crippen LogP contribution in [-0.4, -0.2) is 44.9 Å². The van der Waals surface area contributed by atoms with Crippen molar-refractivity contribution in [3.05, 3.63) is 100 Å². The Morgan fingerprint density at radius 2 is 1.78 bits per heavy atom. The van der Waals surface area contributed by atoms with E-state index in [1.54, 1.807) is 64.1 Å². The van der Waals surface area contributed by atoms with Crippen molar-refractivity contribution in [1.29, 1.82) is 0 Å². The van der Waals surface area contributed by atoms with Crippen LogP contribution in [0.25, 0.3) is 33.6 Å². The molecule has 1 amide bonds. The molecule has 45 heavy (non-hydrogen) atoms. The number of amides is 1. The second-order valence-corrected chi connectivity index (χ2v) is 13.8. The molecular formula is C33H31ClN6O4S. The molecule has 6 rings (SSSR count). The highest BCUT2D eigenvalue weighted by Crippen LogP contribution is 2.35. The SMILES string of the molecule is C[C@@H]1CCC[C@H](n2cnc(-c3cc(Cl)ccc3-c3cccc(S(C)(=O)=O)c3)cc2=O)c2cc(ccn2)-c2c(cnn2C)NC1=O. The zero-order chi connectivity index (χ0) is 31.9. The molecule has 1 N–H and O–H groups in total. The number of halogens is 1. The first kappa shape index (κ1) is 30.4. The molecule has 1 aliphatic heterocycles. The molecule has 12 heteroatoms. The molecule has 0 spiro atoms. The van der Waals surface area contributed by atoms with E-state index in [2.05, 4.69) is 15.4 Å². The van der Waals surface area contributed by atoms with Crippen LogP contribution in [0.4, 0.5) is 5.69 Å². The van der Waals surface area contributed by atoms with Gasteiger partial charge in [-0.05, 0) is 60.4 Å². The molecule has 10 nitrogen and oxygen atoms in total. The van der Waals surface area contributed by atoms with Crippen molar-refractivity contribution in [2.75, 3.05) is 11.6 Å². The van der Waals surface area contributed by atoms with Crippen LogP contribution in [0, 0.1) is 5.92 Å². The van der Waals surface area contributed by atoms with Gasteiger partial charge in [-0.3, -0.25) is 23.8 Å². The van der Waals surface area contributed by atoms with Crippen molar-refractivity contribution >= 4 is 33.0 Å². The van der Waals surface area contributed by atoms with Crippen molar-refractivity contribution in [2.45, 2.75) is 37.1 Å². The fourth-order valence-electron chi connectivity index (χ4n) is 5.75. The molecule has 0 radical (unpaired) electrons. The van der Waals surface area contributed by atoms with Crippen molar-refractivity contribution in [3.8, 4) is 33.6 Å². The minimum Gasteiger partial charge on any atom is -0.323 e. The maximum Gasteiger partial charge on any atom is 0.254 e. The number of nitrogens with one attached hydrogen (secondary N) is 1. The van der Waals surface area contributed by atoms with E-state index in [-0.39, 0.29) is 22.3 Å². The van der Waals surface area contributed by atoms with Crippen molar-refractivity contribution in [3.63, 3.8) is 0 Å². The van der Waals surface area contributed by atoms with Gasteiger partial charge in [0.25, 0.3) is 5.56 Å². The van der Waals surface area contributed by atoms with Crippen LogP contribution in [0.2, 0.25) is 5.02 Å². The van der Waals surface area contributed by atoms with Gasteiger partial charge in [-0.15, -0.1) is 0 Å². The first-order valence-electron chi connectivity index (χ1n) is 14.5. The molecule has 2 aromatic carbocycles. The van der Waals surface area contributed by atoms with Crippen LogP contribution < -0.4 is 10.9 Å². The monoisotopic (exact) mass is 642 g/mol. The number of aryl methyl sites for hydroxylation is 1. The summed E-state index contributed by atoms with van der Waals surface area (Å²) >= 11 is 6.39. The number of nitrogens with zero attached hydrogens (tertiary/aromatic N) is 5. The number of pyridine rings is 1. The molecule has 0 saturated carbocycles. The summed E-state index contributed by atoms with van der Waals surface area (Å²) in [6, 6.07) is 16.7. The number of anilines is 1. The quantitative estimate of drug-likeness (QED) is 0.263. The predicted molar refractivity (Wildman–Crippen MR) is 174 cm³/mol. The summed E-state index contributed by atoms with van der Waals surface area (Å²) in [7, 11) is -1.62. The lowest BCUT2D eigenvalue weighted by Gasteiger charge is -2.22. The summed E-state index contributed by atoms with van der Waals surface area (Å²) in [4.78, 5) is 36.3. The number of hydrogen-bond donors (Lipinski definition) is 1. The van der Waals surface area contributed by atoms with E-state index >= 15 is 0 Å². The Hall–Kier alpha value is -4.61. The highest BCUT2D eigenvalue weighted by Gasteiger charge is 2.24. The third-order valence-electron chi connectivity index (χ3n) is 8.16. The van der Waals surface area contributed by atoms with Gasteiger partial charge in [0.05, 0.1) is 46.2 Å². The Bertz CT molecular complexity index is 2110. The van der Waals surface area contributed by atoms with Gasteiger partial charge in [-0.2, -0.15) is 5.10 Å². The van der Waals surface area contributed by atoms with Gasteiger partial charge >= 0.3 is 0 Å². The summed E-state index contributed by atoms with van der Waals surface area (Å²) in [5, 5.41) is 7.83. The Kier molecular flexibility index (Phi) is 8.15. The van der Waals surface area contributed by atoms with Gasteiger partial charge in [-0.1, -0.05) is 43.1 Å². The summed E-state index contributed by atoms with van der Waals surface area (Å²) in [5.74, 6) is -0.331. The molecule has 3 aromatic heterocycles. The topological polar surface area (TPSA) is 129 Å². The summed E-state index contributed by atoms with van der Waals surface area (Å²) in [5.41, 5.74) is 4.92. The first-order chi connectivity index (χ1) is 21.5. The van der Waals surface area contributed by atoms with Gasteiger partial charge in [0.15, 0.2) is 9.84 Å². The molecule has 230 valence electrons. The number of carbonyl (C=O) groups is 1. The van der Waals surface area contributed by atoms with E-state index in [9.17, 15) is 18.0 Å². The number of aromatic nitrogens is 5. The van der Waals surface area contributed by atoms with Gasteiger partial charge in [0.1, 0.15) is 0 Å². The van der Waals surface area contributed by atoms with E-state index in [1.807, 2.05) is 26.1 Å². The average molecular weight is 643 g/mol. The number of fused-ring (bicyclic) bond motifs is 4. The van der Waals surface area contributed by atoms with Gasteiger partial charge < -0.3 is 5.32 Å². The molecule has 0 unspecified atom stereocenters. The van der Waals surface area contributed by atoms with Crippen molar-refractivity contribution in [2.24, 2.45) is 13.0 Å². The lowest BCUT2D eigenvalue weighted by Crippen LogP contribution is -2.27. The van der Waals surface area contributed by atoms with E-state index in [0.29, 0.717) is 58.1 Å². The molecule has 0 saturated heterocycles. The Labute approximate surface area is 265 Å². The number of carbonyl (C=O) groups excluding carboxylic acids is 1. The maximum absolute atomic E-state index is 13.8.